The standard InChI is InChI=1S/C22H23N7O2/c1-3-19(30)29-10-8-16(13(29)2)27-18-12-25-20(21(23)31)22(28-18)26-15-6-7-17-14(11-15)5-4-9-24-17/h3-7,9,11-13,16H,1,8,10H2,2H3,(H2,23,31)(H2,26,27,28)/t13-,16-/m1/s1. The van der Waals surface area contributed by atoms with Crippen LogP contribution in [0.4, 0.5) is 17.3 Å². The Morgan fingerprint density at radius 2 is 2.13 bits per heavy atom. The highest BCUT2D eigenvalue weighted by atomic mass is 16.2. The quantitative estimate of drug-likeness (QED) is 0.526. The predicted octanol–water partition coefficient (Wildman–Crippen LogP) is 2.45. The van der Waals surface area contributed by atoms with E-state index in [2.05, 4.69) is 32.2 Å². The number of aromatic nitrogens is 3. The summed E-state index contributed by atoms with van der Waals surface area (Å²) in [7, 11) is 0. The number of benzene rings is 1. The van der Waals surface area contributed by atoms with Crippen molar-refractivity contribution in [1.82, 2.24) is 19.9 Å². The van der Waals surface area contributed by atoms with Gasteiger partial charge in [-0.1, -0.05) is 12.6 Å². The summed E-state index contributed by atoms with van der Waals surface area (Å²) in [4.78, 5) is 38.7. The van der Waals surface area contributed by atoms with Crippen molar-refractivity contribution in [3.05, 3.63) is 61.1 Å². The molecule has 1 saturated heterocycles. The lowest BCUT2D eigenvalue weighted by Crippen LogP contribution is -2.39. The fourth-order valence-corrected chi connectivity index (χ4v) is 3.77. The van der Waals surface area contributed by atoms with Crippen molar-refractivity contribution in [3.63, 3.8) is 0 Å². The summed E-state index contributed by atoms with van der Waals surface area (Å²) in [6.45, 7) is 6.16. The number of nitrogens with zero attached hydrogens (tertiary/aromatic N) is 4. The van der Waals surface area contributed by atoms with Crippen LogP contribution >= 0.6 is 0 Å². The molecule has 1 fully saturated rings. The van der Waals surface area contributed by atoms with Gasteiger partial charge >= 0.3 is 0 Å². The Kier molecular flexibility index (Phi) is 5.48. The molecule has 9 heteroatoms. The Hall–Kier alpha value is -4.01. The molecule has 2 atom stereocenters. The SMILES string of the molecule is C=CC(=O)N1CC[C@@H](Nc2cnc(C(N)=O)c(Nc3ccc4ncccc4c3)n2)[C@H]1C. The largest absolute Gasteiger partial charge is 0.364 e. The number of nitrogens with one attached hydrogen (secondary N) is 2. The minimum absolute atomic E-state index is 0.00257. The zero-order valence-corrected chi connectivity index (χ0v) is 17.1. The minimum Gasteiger partial charge on any atom is -0.364 e. The number of carbonyl (C=O) groups is 2. The number of likely N-dealkylation sites (tertiary alicyclic amines) is 1. The van der Waals surface area contributed by atoms with Gasteiger partial charge in [-0.3, -0.25) is 14.6 Å². The molecule has 4 N–H and O–H groups in total. The number of nitrogens with two attached hydrogens (primary N) is 1. The van der Waals surface area contributed by atoms with Crippen molar-refractivity contribution in [2.75, 3.05) is 17.2 Å². The van der Waals surface area contributed by atoms with Gasteiger partial charge in [0.1, 0.15) is 5.82 Å². The average molecular weight is 417 g/mol. The number of fused-ring (bicyclic) bond motifs is 1. The molecule has 0 saturated carbocycles. The molecule has 2 amide bonds. The number of primary amides is 1. The lowest BCUT2D eigenvalue weighted by molar-refractivity contribution is -0.126. The molecule has 3 heterocycles. The second kappa shape index (κ2) is 8.39. The summed E-state index contributed by atoms with van der Waals surface area (Å²) in [6.07, 6.45) is 5.29. The van der Waals surface area contributed by atoms with E-state index in [1.165, 1.54) is 12.3 Å². The molecule has 0 bridgehead atoms. The molecule has 4 rings (SSSR count). The highest BCUT2D eigenvalue weighted by molar-refractivity contribution is 5.96. The first-order valence-electron chi connectivity index (χ1n) is 9.94. The number of anilines is 3. The monoisotopic (exact) mass is 417 g/mol. The lowest BCUT2D eigenvalue weighted by atomic mass is 10.1. The first kappa shape index (κ1) is 20.3. The van der Waals surface area contributed by atoms with Crippen molar-refractivity contribution in [2.45, 2.75) is 25.4 Å². The van der Waals surface area contributed by atoms with Gasteiger partial charge in [0.05, 0.1) is 11.7 Å². The number of pyridine rings is 1. The third-order valence-electron chi connectivity index (χ3n) is 5.42. The van der Waals surface area contributed by atoms with Crippen LogP contribution in [0.1, 0.15) is 23.8 Å². The van der Waals surface area contributed by atoms with E-state index in [1.54, 1.807) is 11.1 Å². The van der Waals surface area contributed by atoms with Gasteiger partial charge in [0, 0.05) is 35.9 Å². The van der Waals surface area contributed by atoms with Gasteiger partial charge in [0.2, 0.25) is 5.91 Å². The number of hydrogen-bond acceptors (Lipinski definition) is 7. The molecule has 1 aliphatic rings. The van der Waals surface area contributed by atoms with Gasteiger partial charge < -0.3 is 21.3 Å². The van der Waals surface area contributed by atoms with E-state index in [0.29, 0.717) is 12.4 Å². The van der Waals surface area contributed by atoms with Crippen molar-refractivity contribution in [1.29, 1.82) is 0 Å². The van der Waals surface area contributed by atoms with Crippen molar-refractivity contribution < 1.29 is 9.59 Å². The van der Waals surface area contributed by atoms with Gasteiger partial charge in [0.15, 0.2) is 11.5 Å². The van der Waals surface area contributed by atoms with E-state index >= 15 is 0 Å². The highest BCUT2D eigenvalue weighted by Gasteiger charge is 2.33. The Morgan fingerprint density at radius 1 is 1.29 bits per heavy atom. The number of rotatable bonds is 6. The van der Waals surface area contributed by atoms with Crippen molar-refractivity contribution in [2.24, 2.45) is 5.73 Å². The van der Waals surface area contributed by atoms with Crippen LogP contribution in [0.2, 0.25) is 0 Å². The molecule has 0 spiro atoms. The molecular weight excluding hydrogens is 394 g/mol. The average Bonchev–Trinajstić information content (AvgIpc) is 3.13. The summed E-state index contributed by atoms with van der Waals surface area (Å²) in [6, 6.07) is 9.40. The maximum atomic E-state index is 12.0. The zero-order chi connectivity index (χ0) is 22.0. The Bertz CT molecular complexity index is 1160. The zero-order valence-electron chi connectivity index (χ0n) is 17.1. The summed E-state index contributed by atoms with van der Waals surface area (Å²) in [5, 5.41) is 7.40. The smallest absolute Gasteiger partial charge is 0.271 e. The molecular formula is C22H23N7O2. The van der Waals surface area contributed by atoms with Crippen LogP contribution < -0.4 is 16.4 Å². The summed E-state index contributed by atoms with van der Waals surface area (Å²) in [5.74, 6) is -0.0359. The second-order valence-electron chi connectivity index (χ2n) is 7.37. The van der Waals surface area contributed by atoms with E-state index in [1.807, 2.05) is 37.3 Å². The first-order valence-corrected chi connectivity index (χ1v) is 9.94. The fraction of sp³-hybridized carbons (Fsp3) is 0.227. The van der Waals surface area contributed by atoms with E-state index in [-0.39, 0.29) is 29.5 Å². The molecule has 2 aromatic heterocycles. The summed E-state index contributed by atoms with van der Waals surface area (Å²) >= 11 is 0. The molecule has 1 aliphatic heterocycles. The second-order valence-corrected chi connectivity index (χ2v) is 7.37. The van der Waals surface area contributed by atoms with Gasteiger partial charge in [0.25, 0.3) is 5.91 Å². The van der Waals surface area contributed by atoms with Crippen LogP contribution in [-0.2, 0) is 4.79 Å². The normalized spacial score (nSPS) is 18.0. The van der Waals surface area contributed by atoms with Crippen molar-refractivity contribution >= 4 is 40.0 Å². The summed E-state index contributed by atoms with van der Waals surface area (Å²) in [5.41, 5.74) is 7.13. The third-order valence-corrected chi connectivity index (χ3v) is 5.42. The molecule has 0 radical (unpaired) electrons. The van der Waals surface area contributed by atoms with Crippen LogP contribution in [0.25, 0.3) is 10.9 Å². The topological polar surface area (TPSA) is 126 Å². The van der Waals surface area contributed by atoms with Crippen molar-refractivity contribution in [3.8, 4) is 0 Å². The Morgan fingerprint density at radius 3 is 2.90 bits per heavy atom. The lowest BCUT2D eigenvalue weighted by Gasteiger charge is -2.24. The molecule has 31 heavy (non-hydrogen) atoms. The van der Waals surface area contributed by atoms with Gasteiger partial charge in [-0.2, -0.15) is 0 Å². The molecule has 0 unspecified atom stereocenters. The van der Waals surface area contributed by atoms with E-state index in [9.17, 15) is 9.59 Å². The number of hydrogen-bond donors (Lipinski definition) is 3. The first-order chi connectivity index (χ1) is 15.0. The van der Waals surface area contributed by atoms with E-state index < -0.39 is 5.91 Å². The van der Waals surface area contributed by atoms with Crippen LogP contribution in [0.5, 0.6) is 0 Å². The molecule has 158 valence electrons. The Labute approximate surface area is 179 Å². The predicted molar refractivity (Wildman–Crippen MR) is 119 cm³/mol. The molecule has 0 aliphatic carbocycles. The maximum Gasteiger partial charge on any atom is 0.271 e. The van der Waals surface area contributed by atoms with Crippen LogP contribution in [0.3, 0.4) is 0 Å². The fourth-order valence-electron chi connectivity index (χ4n) is 3.77. The van der Waals surface area contributed by atoms with Crippen LogP contribution in [-0.4, -0.2) is 50.3 Å². The highest BCUT2D eigenvalue weighted by Crippen LogP contribution is 2.25. The van der Waals surface area contributed by atoms with E-state index in [0.717, 1.165) is 23.0 Å². The molecule has 9 nitrogen and oxygen atoms in total. The van der Waals surface area contributed by atoms with Crippen LogP contribution in [0.15, 0.2) is 55.4 Å². The molecule has 1 aromatic carbocycles. The van der Waals surface area contributed by atoms with Crippen LogP contribution in [0, 0.1) is 0 Å². The Balaban J connectivity index is 1.58. The molecule has 3 aromatic rings. The maximum absolute atomic E-state index is 12.0. The number of carbonyl (C=O) groups excluding carboxylic acids is 2. The van der Waals surface area contributed by atoms with Gasteiger partial charge in [-0.05, 0) is 43.7 Å². The van der Waals surface area contributed by atoms with E-state index in [4.69, 9.17) is 5.73 Å². The summed E-state index contributed by atoms with van der Waals surface area (Å²) < 4.78 is 0. The minimum atomic E-state index is -0.680. The number of amides is 2. The van der Waals surface area contributed by atoms with Gasteiger partial charge in [-0.25, -0.2) is 9.97 Å². The van der Waals surface area contributed by atoms with Gasteiger partial charge in [-0.15, -0.1) is 0 Å². The third kappa shape index (κ3) is 4.16.